The molecule has 0 spiro atoms. The first kappa shape index (κ1) is 11.3. The molecule has 1 fully saturated rings. The molecule has 1 heterocycles. The van der Waals surface area contributed by atoms with Crippen LogP contribution in [0.25, 0.3) is 0 Å². The maximum Gasteiger partial charge on any atom is 0.317 e. The predicted octanol–water partition coefficient (Wildman–Crippen LogP) is -0.676. The second-order valence-electron chi connectivity index (χ2n) is 3.83. The second-order valence-corrected chi connectivity index (χ2v) is 3.83. The Labute approximate surface area is 84.7 Å². The number of nitrogens with zero attached hydrogens (tertiary/aromatic N) is 2. The fourth-order valence-corrected chi connectivity index (χ4v) is 1.56. The first-order valence-corrected chi connectivity index (χ1v) is 4.99. The summed E-state index contributed by atoms with van der Waals surface area (Å²) in [6.45, 7) is 5.49. The molecule has 0 saturated carbocycles. The van der Waals surface area contributed by atoms with Crippen molar-refractivity contribution in [3.05, 3.63) is 0 Å². The van der Waals surface area contributed by atoms with Crippen LogP contribution in [0.1, 0.15) is 6.92 Å². The number of hydrogen-bond donors (Lipinski definition) is 2. The highest BCUT2D eigenvalue weighted by Gasteiger charge is 2.19. The van der Waals surface area contributed by atoms with Gasteiger partial charge in [0.05, 0.1) is 6.10 Å². The fourth-order valence-electron chi connectivity index (χ4n) is 1.56. The van der Waals surface area contributed by atoms with E-state index in [0.717, 1.165) is 26.2 Å². The Balaban J connectivity index is 2.16. The second kappa shape index (κ2) is 5.17. The molecule has 0 aromatic rings. The van der Waals surface area contributed by atoms with Gasteiger partial charge in [0.1, 0.15) is 0 Å². The summed E-state index contributed by atoms with van der Waals surface area (Å²) in [5.74, 6) is 0. The minimum absolute atomic E-state index is 0.0236. The normalized spacial score (nSPS) is 18.9. The Bertz CT molecular complexity index is 196. The van der Waals surface area contributed by atoms with Crippen LogP contribution in [0, 0.1) is 0 Å². The van der Waals surface area contributed by atoms with Crippen LogP contribution in [-0.4, -0.2) is 66.8 Å². The molecule has 82 valence electrons. The first-order valence-electron chi connectivity index (χ1n) is 4.99. The van der Waals surface area contributed by atoms with Gasteiger partial charge in [0, 0.05) is 32.7 Å². The molecule has 5 nitrogen and oxygen atoms in total. The van der Waals surface area contributed by atoms with E-state index in [9.17, 15) is 4.79 Å². The van der Waals surface area contributed by atoms with Crippen LogP contribution in [0.3, 0.4) is 0 Å². The SMILES string of the molecule is CC(O)CN(C)CCN1CCNC1=O. The predicted molar refractivity (Wildman–Crippen MR) is 54.1 cm³/mol. The Hall–Kier alpha value is -0.810. The summed E-state index contributed by atoms with van der Waals surface area (Å²) in [7, 11) is 1.95. The van der Waals surface area contributed by atoms with Gasteiger partial charge in [-0.05, 0) is 14.0 Å². The maximum absolute atomic E-state index is 11.2. The minimum Gasteiger partial charge on any atom is -0.392 e. The van der Waals surface area contributed by atoms with Crippen molar-refractivity contribution < 1.29 is 9.90 Å². The number of amides is 2. The largest absolute Gasteiger partial charge is 0.392 e. The van der Waals surface area contributed by atoms with E-state index in [0.29, 0.717) is 6.54 Å². The van der Waals surface area contributed by atoms with Gasteiger partial charge in [-0.3, -0.25) is 0 Å². The highest BCUT2D eigenvalue weighted by atomic mass is 16.3. The van der Waals surface area contributed by atoms with Crippen LogP contribution in [0.5, 0.6) is 0 Å². The van der Waals surface area contributed by atoms with Crippen molar-refractivity contribution in [2.45, 2.75) is 13.0 Å². The van der Waals surface area contributed by atoms with Crippen molar-refractivity contribution >= 4 is 6.03 Å². The number of rotatable bonds is 5. The van der Waals surface area contributed by atoms with Gasteiger partial charge < -0.3 is 20.2 Å². The third-order valence-electron chi connectivity index (χ3n) is 2.27. The lowest BCUT2D eigenvalue weighted by molar-refractivity contribution is 0.136. The Morgan fingerprint density at radius 1 is 1.71 bits per heavy atom. The van der Waals surface area contributed by atoms with Gasteiger partial charge in [-0.1, -0.05) is 0 Å². The maximum atomic E-state index is 11.2. The molecule has 1 aliphatic heterocycles. The minimum atomic E-state index is -0.313. The average Bonchev–Trinajstić information content (AvgIpc) is 2.46. The molecule has 14 heavy (non-hydrogen) atoms. The molecule has 1 saturated heterocycles. The van der Waals surface area contributed by atoms with Crippen LogP contribution >= 0.6 is 0 Å². The monoisotopic (exact) mass is 201 g/mol. The van der Waals surface area contributed by atoms with E-state index in [-0.39, 0.29) is 12.1 Å². The van der Waals surface area contributed by atoms with Gasteiger partial charge in [0.2, 0.25) is 0 Å². The molecule has 2 amide bonds. The van der Waals surface area contributed by atoms with Gasteiger partial charge in [-0.25, -0.2) is 4.79 Å². The van der Waals surface area contributed by atoms with E-state index in [1.54, 1.807) is 11.8 Å². The number of carbonyl (C=O) groups is 1. The highest BCUT2D eigenvalue weighted by molar-refractivity contribution is 5.76. The lowest BCUT2D eigenvalue weighted by Crippen LogP contribution is -2.37. The van der Waals surface area contributed by atoms with Gasteiger partial charge in [-0.15, -0.1) is 0 Å². The van der Waals surface area contributed by atoms with Crippen molar-refractivity contribution in [1.29, 1.82) is 0 Å². The zero-order valence-electron chi connectivity index (χ0n) is 8.86. The molecule has 1 atom stereocenters. The topological polar surface area (TPSA) is 55.8 Å². The molecule has 1 unspecified atom stereocenters. The lowest BCUT2D eigenvalue weighted by Gasteiger charge is -2.21. The number of urea groups is 1. The molecular formula is C9H19N3O2. The first-order chi connectivity index (χ1) is 6.59. The molecule has 0 radical (unpaired) electrons. The highest BCUT2D eigenvalue weighted by Crippen LogP contribution is 1.97. The third kappa shape index (κ3) is 3.51. The Morgan fingerprint density at radius 2 is 2.43 bits per heavy atom. The molecule has 0 aromatic carbocycles. The lowest BCUT2D eigenvalue weighted by atomic mass is 10.3. The number of nitrogens with one attached hydrogen (secondary N) is 1. The van der Waals surface area contributed by atoms with Crippen LogP contribution < -0.4 is 5.32 Å². The van der Waals surface area contributed by atoms with Crippen molar-refractivity contribution in [2.24, 2.45) is 0 Å². The van der Waals surface area contributed by atoms with Gasteiger partial charge in [0.15, 0.2) is 0 Å². The molecule has 0 aliphatic carbocycles. The average molecular weight is 201 g/mol. The summed E-state index contributed by atoms with van der Waals surface area (Å²) >= 11 is 0. The van der Waals surface area contributed by atoms with Crippen LogP contribution in [-0.2, 0) is 0 Å². The van der Waals surface area contributed by atoms with Crippen LogP contribution in [0.2, 0.25) is 0 Å². The molecule has 1 aliphatic rings. The summed E-state index contributed by atoms with van der Waals surface area (Å²) in [5, 5.41) is 11.9. The van der Waals surface area contributed by atoms with Gasteiger partial charge >= 0.3 is 6.03 Å². The zero-order chi connectivity index (χ0) is 10.6. The van der Waals surface area contributed by atoms with E-state index < -0.39 is 0 Å². The fraction of sp³-hybridized carbons (Fsp3) is 0.889. The summed E-state index contributed by atoms with van der Waals surface area (Å²) in [6, 6.07) is 0.0236. The Morgan fingerprint density at radius 3 is 2.93 bits per heavy atom. The van der Waals surface area contributed by atoms with E-state index in [1.165, 1.54) is 0 Å². The van der Waals surface area contributed by atoms with Crippen molar-refractivity contribution in [3.63, 3.8) is 0 Å². The molecular weight excluding hydrogens is 182 g/mol. The van der Waals surface area contributed by atoms with Crippen molar-refractivity contribution in [3.8, 4) is 0 Å². The van der Waals surface area contributed by atoms with Crippen molar-refractivity contribution in [2.75, 3.05) is 39.8 Å². The van der Waals surface area contributed by atoms with Gasteiger partial charge in [-0.2, -0.15) is 0 Å². The molecule has 2 N–H and O–H groups in total. The van der Waals surface area contributed by atoms with E-state index in [1.807, 2.05) is 11.9 Å². The summed E-state index contributed by atoms with van der Waals surface area (Å²) in [5.41, 5.74) is 0. The van der Waals surface area contributed by atoms with Crippen molar-refractivity contribution in [1.82, 2.24) is 15.1 Å². The number of aliphatic hydroxyl groups excluding tert-OH is 1. The summed E-state index contributed by atoms with van der Waals surface area (Å²) in [6.07, 6.45) is -0.313. The van der Waals surface area contributed by atoms with E-state index >= 15 is 0 Å². The molecule has 1 rings (SSSR count). The third-order valence-corrected chi connectivity index (χ3v) is 2.27. The summed E-state index contributed by atoms with van der Waals surface area (Å²) < 4.78 is 0. The quantitative estimate of drug-likeness (QED) is 0.620. The number of carbonyl (C=O) groups excluding carboxylic acids is 1. The zero-order valence-corrected chi connectivity index (χ0v) is 8.86. The molecule has 0 aromatic heterocycles. The van der Waals surface area contributed by atoms with E-state index in [4.69, 9.17) is 5.11 Å². The smallest absolute Gasteiger partial charge is 0.317 e. The van der Waals surface area contributed by atoms with E-state index in [2.05, 4.69) is 5.32 Å². The van der Waals surface area contributed by atoms with Gasteiger partial charge in [0.25, 0.3) is 0 Å². The Kier molecular flexibility index (Phi) is 4.16. The number of aliphatic hydroxyl groups is 1. The molecule has 5 heteroatoms. The standard InChI is InChI=1S/C9H19N3O2/c1-8(13)7-11(2)5-6-12-4-3-10-9(12)14/h8,13H,3-7H2,1-2H3,(H,10,14). The molecule has 0 bridgehead atoms. The number of hydrogen-bond acceptors (Lipinski definition) is 3. The van der Waals surface area contributed by atoms with Crippen LogP contribution in [0.15, 0.2) is 0 Å². The number of likely N-dealkylation sites (N-methyl/N-ethyl adjacent to an activating group) is 1. The summed E-state index contributed by atoms with van der Waals surface area (Å²) in [4.78, 5) is 15.0. The van der Waals surface area contributed by atoms with Crippen LogP contribution in [0.4, 0.5) is 4.79 Å².